The van der Waals surface area contributed by atoms with Gasteiger partial charge in [-0.2, -0.15) is 0 Å². The van der Waals surface area contributed by atoms with Crippen LogP contribution in [0, 0.1) is 0 Å². The summed E-state index contributed by atoms with van der Waals surface area (Å²) in [6.45, 7) is 1.66. The summed E-state index contributed by atoms with van der Waals surface area (Å²) in [6.07, 6.45) is 7.87. The van der Waals surface area contributed by atoms with E-state index < -0.39 is 5.97 Å². The van der Waals surface area contributed by atoms with Gasteiger partial charge in [0.25, 0.3) is 0 Å². The zero-order valence-corrected chi connectivity index (χ0v) is 10.2. The van der Waals surface area contributed by atoms with Crippen molar-refractivity contribution in [2.75, 3.05) is 0 Å². The van der Waals surface area contributed by atoms with Gasteiger partial charge in [-0.3, -0.25) is 0 Å². The Morgan fingerprint density at radius 1 is 1.50 bits per heavy atom. The number of hydrogen-bond acceptors (Lipinski definition) is 3. The second-order valence-electron chi connectivity index (χ2n) is 3.50. The number of allylic oxidation sites excluding steroid dienone is 1. The summed E-state index contributed by atoms with van der Waals surface area (Å²) in [7, 11) is 0. The molecule has 0 bridgehead atoms. The Balaban J connectivity index is 0.000000325. The number of hydrogen-bond donors (Lipinski definition) is 2. The number of oxime groups is 1. The number of carboxylic acid groups (broad SMARTS) is 1. The fraction of sp³-hybridized carbons (Fsp3) is 0.636. The van der Waals surface area contributed by atoms with Gasteiger partial charge in [0.2, 0.25) is 0 Å². The van der Waals surface area contributed by atoms with Crippen molar-refractivity contribution < 1.29 is 15.1 Å². The number of carboxylic acids is 1. The van der Waals surface area contributed by atoms with Gasteiger partial charge in [-0.25, -0.2) is 4.79 Å². The lowest BCUT2D eigenvalue weighted by Gasteiger charge is -2.04. The van der Waals surface area contributed by atoms with E-state index in [0.29, 0.717) is 0 Å². The van der Waals surface area contributed by atoms with Gasteiger partial charge in [0.1, 0.15) is 0 Å². The van der Waals surface area contributed by atoms with Crippen LogP contribution in [-0.4, -0.2) is 27.4 Å². The van der Waals surface area contributed by atoms with Crippen LogP contribution >= 0.6 is 11.6 Å². The van der Waals surface area contributed by atoms with Crippen LogP contribution in [0.3, 0.4) is 0 Å². The predicted octanol–water partition coefficient (Wildman–Crippen LogP) is 3.04. The van der Waals surface area contributed by atoms with E-state index in [4.69, 9.17) is 21.9 Å². The Morgan fingerprint density at radius 2 is 2.19 bits per heavy atom. The fourth-order valence-electron chi connectivity index (χ4n) is 1.38. The maximum Gasteiger partial charge on any atom is 0.327 e. The van der Waals surface area contributed by atoms with E-state index in [-0.39, 0.29) is 5.38 Å². The topological polar surface area (TPSA) is 69.9 Å². The quantitative estimate of drug-likeness (QED) is 0.246. The SMILES string of the molecule is CC=CC(=O)O.ON=C1CCCCCC1Cl. The molecule has 5 heteroatoms. The minimum atomic E-state index is -0.891. The molecule has 1 rings (SSSR count). The molecule has 16 heavy (non-hydrogen) atoms. The number of rotatable bonds is 1. The molecule has 92 valence electrons. The van der Waals surface area contributed by atoms with E-state index in [0.717, 1.165) is 37.5 Å². The van der Waals surface area contributed by atoms with Crippen LogP contribution in [-0.2, 0) is 4.79 Å². The van der Waals surface area contributed by atoms with Crippen molar-refractivity contribution in [3.8, 4) is 0 Å². The molecule has 0 aromatic heterocycles. The zero-order chi connectivity index (χ0) is 12.4. The first-order valence-electron chi connectivity index (χ1n) is 5.32. The van der Waals surface area contributed by atoms with Crippen LogP contribution in [0.1, 0.15) is 39.0 Å². The van der Waals surface area contributed by atoms with E-state index in [1.165, 1.54) is 12.5 Å². The summed E-state index contributed by atoms with van der Waals surface area (Å²) < 4.78 is 0. The Hall–Kier alpha value is -1.03. The number of alkyl halides is 1. The van der Waals surface area contributed by atoms with Crippen molar-refractivity contribution in [1.82, 2.24) is 0 Å². The molecular formula is C11H18ClNO3. The zero-order valence-electron chi connectivity index (χ0n) is 9.40. The molecule has 0 amide bonds. The van der Waals surface area contributed by atoms with E-state index in [9.17, 15) is 4.79 Å². The molecule has 0 saturated heterocycles. The van der Waals surface area contributed by atoms with Gasteiger partial charge in [-0.1, -0.05) is 24.1 Å². The van der Waals surface area contributed by atoms with Gasteiger partial charge in [0.05, 0.1) is 11.1 Å². The molecule has 0 heterocycles. The van der Waals surface area contributed by atoms with Crippen molar-refractivity contribution in [1.29, 1.82) is 0 Å². The third kappa shape index (κ3) is 7.29. The van der Waals surface area contributed by atoms with Crippen molar-refractivity contribution in [2.45, 2.75) is 44.4 Å². The molecule has 0 aromatic carbocycles. The highest BCUT2D eigenvalue weighted by Crippen LogP contribution is 2.19. The van der Waals surface area contributed by atoms with E-state index >= 15 is 0 Å². The van der Waals surface area contributed by atoms with Gasteiger partial charge in [-0.15, -0.1) is 11.6 Å². The molecule has 2 N–H and O–H groups in total. The first-order valence-corrected chi connectivity index (χ1v) is 5.76. The highest BCUT2D eigenvalue weighted by molar-refractivity contribution is 6.32. The largest absolute Gasteiger partial charge is 0.478 e. The van der Waals surface area contributed by atoms with Crippen LogP contribution in [0.15, 0.2) is 17.3 Å². The lowest BCUT2D eigenvalue weighted by molar-refractivity contribution is -0.131. The Morgan fingerprint density at radius 3 is 2.62 bits per heavy atom. The summed E-state index contributed by atoms with van der Waals surface area (Å²) >= 11 is 5.90. The average Bonchev–Trinajstić information content (AvgIpc) is 2.43. The molecular weight excluding hydrogens is 230 g/mol. The summed E-state index contributed by atoms with van der Waals surface area (Å²) in [6, 6.07) is 0. The summed E-state index contributed by atoms with van der Waals surface area (Å²) in [5.74, 6) is -0.891. The van der Waals surface area contributed by atoms with E-state index in [1.54, 1.807) is 6.92 Å². The molecule has 0 aromatic rings. The molecule has 1 saturated carbocycles. The molecule has 1 fully saturated rings. The molecule has 0 spiro atoms. The van der Waals surface area contributed by atoms with Crippen LogP contribution in [0.25, 0.3) is 0 Å². The van der Waals surface area contributed by atoms with Gasteiger partial charge >= 0.3 is 5.97 Å². The second kappa shape index (κ2) is 9.21. The third-order valence-electron chi connectivity index (χ3n) is 2.19. The number of carbonyl (C=O) groups is 1. The molecule has 1 atom stereocenters. The molecule has 0 radical (unpaired) electrons. The van der Waals surface area contributed by atoms with Crippen LogP contribution in [0.4, 0.5) is 0 Å². The molecule has 4 nitrogen and oxygen atoms in total. The number of halogens is 1. The number of nitrogens with zero attached hydrogens (tertiary/aromatic N) is 1. The minimum Gasteiger partial charge on any atom is -0.478 e. The molecule has 0 aliphatic heterocycles. The normalized spacial score (nSPS) is 23.6. The van der Waals surface area contributed by atoms with Crippen LogP contribution < -0.4 is 0 Å². The van der Waals surface area contributed by atoms with Crippen molar-refractivity contribution in [3.05, 3.63) is 12.2 Å². The summed E-state index contributed by atoms with van der Waals surface area (Å²) in [5, 5.41) is 19.5. The van der Waals surface area contributed by atoms with E-state index in [2.05, 4.69) is 5.16 Å². The predicted molar refractivity (Wildman–Crippen MR) is 64.4 cm³/mol. The maximum absolute atomic E-state index is 9.51. The van der Waals surface area contributed by atoms with Gasteiger partial charge in [0, 0.05) is 6.08 Å². The number of aliphatic carboxylic acids is 1. The van der Waals surface area contributed by atoms with Crippen LogP contribution in [0.2, 0.25) is 0 Å². The second-order valence-corrected chi connectivity index (χ2v) is 4.02. The highest BCUT2D eigenvalue weighted by atomic mass is 35.5. The first kappa shape index (κ1) is 15.0. The average molecular weight is 248 g/mol. The van der Waals surface area contributed by atoms with Crippen LogP contribution in [0.5, 0.6) is 0 Å². The van der Waals surface area contributed by atoms with Gasteiger partial charge in [0.15, 0.2) is 0 Å². The third-order valence-corrected chi connectivity index (χ3v) is 2.66. The van der Waals surface area contributed by atoms with Crippen molar-refractivity contribution in [2.24, 2.45) is 5.16 Å². The maximum atomic E-state index is 9.51. The first-order chi connectivity index (χ1) is 7.61. The Bertz CT molecular complexity index is 264. The van der Waals surface area contributed by atoms with Crippen molar-refractivity contribution >= 4 is 23.3 Å². The van der Waals surface area contributed by atoms with E-state index in [1.807, 2.05) is 0 Å². The fourth-order valence-corrected chi connectivity index (χ4v) is 1.69. The Kier molecular flexibility index (Phi) is 8.62. The van der Waals surface area contributed by atoms with Crippen molar-refractivity contribution in [3.63, 3.8) is 0 Å². The minimum absolute atomic E-state index is 0.0208. The molecule has 1 aliphatic carbocycles. The molecule has 1 unspecified atom stereocenters. The summed E-state index contributed by atoms with van der Waals surface area (Å²) in [5.41, 5.74) is 0.763. The van der Waals surface area contributed by atoms with Gasteiger partial charge in [-0.05, 0) is 26.2 Å². The monoisotopic (exact) mass is 247 g/mol. The lowest BCUT2D eigenvalue weighted by Crippen LogP contribution is -2.11. The Labute approximate surface area is 101 Å². The highest BCUT2D eigenvalue weighted by Gasteiger charge is 2.16. The van der Waals surface area contributed by atoms with Gasteiger partial charge < -0.3 is 10.3 Å². The standard InChI is InChI=1S/C7H12ClNO.C4H6O2/c8-6-4-2-1-3-5-7(6)9-10;1-2-3-4(5)6/h6,10H,1-5H2;2-3H,1H3,(H,5,6). The lowest BCUT2D eigenvalue weighted by atomic mass is 10.2. The summed E-state index contributed by atoms with van der Waals surface area (Å²) in [4.78, 5) is 9.51. The molecule has 1 aliphatic rings. The smallest absolute Gasteiger partial charge is 0.327 e.